The molecule has 0 aliphatic heterocycles. The molecule has 1 amide bonds. The number of aromatic carboxylic acids is 1. The van der Waals surface area contributed by atoms with Gasteiger partial charge in [0.15, 0.2) is 0 Å². The Bertz CT molecular complexity index is 1020. The molecule has 0 bridgehead atoms. The lowest BCUT2D eigenvalue weighted by Gasteiger charge is -2.24. The van der Waals surface area contributed by atoms with Gasteiger partial charge in [0.25, 0.3) is 11.6 Å². The summed E-state index contributed by atoms with van der Waals surface area (Å²) in [5.74, 6) is -2.15. The maximum atomic E-state index is 13.3. The SMILES string of the molecule is O=C(O)c1c(C(=O)N(Cc2ccccc2)c2ccccc2)cccc1[N+](=O)[O-]. The molecule has 0 radical (unpaired) electrons. The molecule has 7 heteroatoms. The van der Waals surface area contributed by atoms with Crippen LogP contribution in [0.1, 0.15) is 26.3 Å². The molecule has 0 aromatic heterocycles. The largest absolute Gasteiger partial charge is 0.477 e. The summed E-state index contributed by atoms with van der Waals surface area (Å²) in [4.78, 5) is 36.8. The maximum Gasteiger partial charge on any atom is 0.343 e. The van der Waals surface area contributed by atoms with Gasteiger partial charge in [0.05, 0.1) is 17.0 Å². The molecule has 0 aliphatic carbocycles. The Morgan fingerprint density at radius 3 is 2.07 bits per heavy atom. The van der Waals surface area contributed by atoms with Crippen LogP contribution in [-0.4, -0.2) is 21.9 Å². The van der Waals surface area contributed by atoms with E-state index in [2.05, 4.69) is 0 Å². The Balaban J connectivity index is 2.11. The average Bonchev–Trinajstić information content (AvgIpc) is 2.72. The third-order valence-electron chi connectivity index (χ3n) is 4.18. The molecule has 0 saturated carbocycles. The van der Waals surface area contributed by atoms with E-state index >= 15 is 0 Å². The van der Waals surface area contributed by atoms with Crippen molar-refractivity contribution in [1.29, 1.82) is 0 Å². The van der Waals surface area contributed by atoms with E-state index in [0.717, 1.165) is 11.6 Å². The molecule has 0 saturated heterocycles. The monoisotopic (exact) mass is 376 g/mol. The number of rotatable bonds is 6. The molecule has 0 atom stereocenters. The lowest BCUT2D eigenvalue weighted by atomic mass is 10.0. The first kappa shape index (κ1) is 18.8. The van der Waals surface area contributed by atoms with Crippen molar-refractivity contribution in [1.82, 2.24) is 0 Å². The molecule has 3 aromatic carbocycles. The normalized spacial score (nSPS) is 10.3. The summed E-state index contributed by atoms with van der Waals surface area (Å²) in [5.41, 5.74) is -0.0831. The van der Waals surface area contributed by atoms with E-state index < -0.39 is 28.1 Å². The van der Waals surface area contributed by atoms with Crippen molar-refractivity contribution in [3.05, 3.63) is 106 Å². The highest BCUT2D eigenvalue weighted by atomic mass is 16.6. The minimum atomic E-state index is -1.52. The fraction of sp³-hybridized carbons (Fsp3) is 0.0476. The summed E-state index contributed by atoms with van der Waals surface area (Å²) in [6.45, 7) is 0.186. The summed E-state index contributed by atoms with van der Waals surface area (Å²) < 4.78 is 0. The molecule has 7 nitrogen and oxygen atoms in total. The first-order valence-electron chi connectivity index (χ1n) is 8.40. The van der Waals surface area contributed by atoms with Crippen molar-refractivity contribution in [2.75, 3.05) is 4.90 Å². The highest BCUT2D eigenvalue weighted by Crippen LogP contribution is 2.26. The van der Waals surface area contributed by atoms with Gasteiger partial charge in [-0.25, -0.2) is 4.79 Å². The number of nitro benzene ring substituents is 1. The topological polar surface area (TPSA) is 101 Å². The minimum Gasteiger partial charge on any atom is -0.477 e. The molecule has 140 valence electrons. The Hall–Kier alpha value is -4.00. The third-order valence-corrected chi connectivity index (χ3v) is 4.18. The first-order chi connectivity index (χ1) is 13.5. The van der Waals surface area contributed by atoms with Crippen LogP contribution in [0.4, 0.5) is 11.4 Å². The molecular formula is C21H16N2O5. The molecule has 3 aromatic rings. The van der Waals surface area contributed by atoms with Gasteiger partial charge in [-0.15, -0.1) is 0 Å². The summed E-state index contributed by atoms with van der Waals surface area (Å²) >= 11 is 0. The van der Waals surface area contributed by atoms with Crippen LogP contribution in [-0.2, 0) is 6.54 Å². The van der Waals surface area contributed by atoms with Crippen molar-refractivity contribution in [2.24, 2.45) is 0 Å². The smallest absolute Gasteiger partial charge is 0.343 e. The predicted octanol–water partition coefficient (Wildman–Crippen LogP) is 4.14. The first-order valence-corrected chi connectivity index (χ1v) is 8.40. The number of amides is 1. The van der Waals surface area contributed by atoms with Gasteiger partial charge in [-0.3, -0.25) is 14.9 Å². The zero-order valence-electron chi connectivity index (χ0n) is 14.7. The summed E-state index contributed by atoms with van der Waals surface area (Å²) in [5, 5.41) is 20.8. The highest BCUT2D eigenvalue weighted by Gasteiger charge is 2.30. The molecule has 0 aliphatic rings. The molecule has 3 rings (SSSR count). The van der Waals surface area contributed by atoms with Crippen LogP contribution in [0.15, 0.2) is 78.9 Å². The Morgan fingerprint density at radius 2 is 1.50 bits per heavy atom. The number of benzene rings is 3. The number of hydrogen-bond donors (Lipinski definition) is 1. The standard InChI is InChI=1S/C21H16N2O5/c24-20(17-12-7-13-18(23(27)28)19(17)21(25)26)22(16-10-5-2-6-11-16)14-15-8-3-1-4-9-15/h1-13H,14H2,(H,25,26). The Kier molecular flexibility index (Phi) is 5.45. The van der Waals surface area contributed by atoms with Gasteiger partial charge >= 0.3 is 5.97 Å². The van der Waals surface area contributed by atoms with Gasteiger partial charge in [-0.2, -0.15) is 0 Å². The summed E-state index contributed by atoms with van der Waals surface area (Å²) in [6, 6.07) is 21.6. The van der Waals surface area contributed by atoms with Crippen molar-refractivity contribution in [3.63, 3.8) is 0 Å². The van der Waals surface area contributed by atoms with Crippen LogP contribution < -0.4 is 4.90 Å². The van der Waals surface area contributed by atoms with E-state index in [1.165, 1.54) is 17.0 Å². The number of nitrogens with zero attached hydrogens (tertiary/aromatic N) is 2. The molecule has 0 fully saturated rings. The molecule has 0 spiro atoms. The Labute approximate surface area is 160 Å². The minimum absolute atomic E-state index is 0.186. The second-order valence-corrected chi connectivity index (χ2v) is 5.97. The summed E-state index contributed by atoms with van der Waals surface area (Å²) in [7, 11) is 0. The van der Waals surface area contributed by atoms with Crippen LogP contribution in [0.5, 0.6) is 0 Å². The van der Waals surface area contributed by atoms with E-state index in [0.29, 0.717) is 5.69 Å². The third kappa shape index (κ3) is 3.88. The van der Waals surface area contributed by atoms with Crippen LogP contribution >= 0.6 is 0 Å². The second kappa shape index (κ2) is 8.13. The van der Waals surface area contributed by atoms with Gasteiger partial charge in [-0.1, -0.05) is 54.6 Å². The summed E-state index contributed by atoms with van der Waals surface area (Å²) in [6.07, 6.45) is 0. The average molecular weight is 376 g/mol. The number of para-hydroxylation sites is 1. The number of hydrogen-bond acceptors (Lipinski definition) is 4. The van der Waals surface area contributed by atoms with Crippen LogP contribution in [0.2, 0.25) is 0 Å². The number of carboxylic acids is 1. The van der Waals surface area contributed by atoms with Crippen molar-refractivity contribution in [3.8, 4) is 0 Å². The van der Waals surface area contributed by atoms with Crippen LogP contribution in [0.25, 0.3) is 0 Å². The zero-order chi connectivity index (χ0) is 20.1. The van der Waals surface area contributed by atoms with Gasteiger partial charge in [0.2, 0.25) is 0 Å². The van der Waals surface area contributed by atoms with Gasteiger partial charge in [-0.05, 0) is 23.8 Å². The molecule has 28 heavy (non-hydrogen) atoms. The fourth-order valence-corrected chi connectivity index (χ4v) is 2.89. The second-order valence-electron chi connectivity index (χ2n) is 5.97. The van der Waals surface area contributed by atoms with E-state index in [1.807, 2.05) is 30.3 Å². The lowest BCUT2D eigenvalue weighted by Crippen LogP contribution is -2.32. The van der Waals surface area contributed by atoms with E-state index in [4.69, 9.17) is 0 Å². The maximum absolute atomic E-state index is 13.3. The van der Waals surface area contributed by atoms with Crippen molar-refractivity contribution < 1.29 is 19.6 Å². The Morgan fingerprint density at radius 1 is 0.893 bits per heavy atom. The van der Waals surface area contributed by atoms with Gasteiger partial charge in [0, 0.05) is 11.8 Å². The highest BCUT2D eigenvalue weighted by molar-refractivity contribution is 6.13. The fourth-order valence-electron chi connectivity index (χ4n) is 2.89. The number of anilines is 1. The van der Waals surface area contributed by atoms with E-state index in [9.17, 15) is 24.8 Å². The zero-order valence-corrected chi connectivity index (χ0v) is 14.7. The van der Waals surface area contributed by atoms with E-state index in [1.54, 1.807) is 30.3 Å². The quantitative estimate of drug-likeness (QED) is 0.515. The van der Waals surface area contributed by atoms with Gasteiger partial charge in [0.1, 0.15) is 5.56 Å². The van der Waals surface area contributed by atoms with Gasteiger partial charge < -0.3 is 10.0 Å². The molecule has 1 N–H and O–H groups in total. The van der Waals surface area contributed by atoms with Crippen molar-refractivity contribution >= 4 is 23.3 Å². The number of nitro groups is 1. The van der Waals surface area contributed by atoms with Crippen molar-refractivity contribution in [2.45, 2.75) is 6.54 Å². The molecule has 0 unspecified atom stereocenters. The number of carbonyl (C=O) groups is 2. The molecular weight excluding hydrogens is 360 g/mol. The number of carboxylic acid groups (broad SMARTS) is 1. The molecule has 0 heterocycles. The van der Waals surface area contributed by atoms with E-state index in [-0.39, 0.29) is 12.1 Å². The predicted molar refractivity (Wildman–Crippen MR) is 103 cm³/mol. The van der Waals surface area contributed by atoms with Crippen LogP contribution in [0, 0.1) is 10.1 Å². The van der Waals surface area contributed by atoms with Crippen LogP contribution in [0.3, 0.4) is 0 Å². The lowest BCUT2D eigenvalue weighted by molar-refractivity contribution is -0.385. The number of carbonyl (C=O) groups excluding carboxylic acids is 1.